The monoisotopic (exact) mass is 382 g/mol. The van der Waals surface area contributed by atoms with E-state index in [1.165, 1.54) is 54.9 Å². The van der Waals surface area contributed by atoms with E-state index in [2.05, 4.69) is 53.8 Å². The van der Waals surface area contributed by atoms with Gasteiger partial charge in [0, 0.05) is 3.57 Å². The van der Waals surface area contributed by atoms with Crippen molar-refractivity contribution in [2.75, 3.05) is 0 Å². The van der Waals surface area contributed by atoms with Crippen molar-refractivity contribution < 1.29 is 0 Å². The zero-order chi connectivity index (χ0) is 13.9. The Bertz CT molecular complexity index is 422. The molecule has 0 aromatic heterocycles. The second-order valence-electron chi connectivity index (χ2n) is 7.05. The lowest BCUT2D eigenvalue weighted by atomic mass is 9.63. The second-order valence-corrected chi connectivity index (χ2v) is 8.30. The average molecular weight is 382 g/mol. The fourth-order valence-corrected chi connectivity index (χ4v) is 5.05. The third-order valence-corrected chi connectivity index (χ3v) is 6.48. The number of rotatable bonds is 3. The lowest BCUT2D eigenvalue weighted by Crippen LogP contribution is -2.30. The lowest BCUT2D eigenvalue weighted by molar-refractivity contribution is 0.114. The third kappa shape index (κ3) is 3.40. The first-order valence-electron chi connectivity index (χ1n) is 8.51. The van der Waals surface area contributed by atoms with Crippen LogP contribution < -0.4 is 0 Å². The quantitative estimate of drug-likeness (QED) is 0.531. The van der Waals surface area contributed by atoms with E-state index in [9.17, 15) is 0 Å². The van der Waals surface area contributed by atoms with Crippen molar-refractivity contribution in [2.45, 2.75) is 64.2 Å². The largest absolute Gasteiger partial charge is 0.0654 e. The van der Waals surface area contributed by atoms with Crippen LogP contribution in [0.25, 0.3) is 0 Å². The predicted molar refractivity (Wildman–Crippen MR) is 95.0 cm³/mol. The van der Waals surface area contributed by atoms with Gasteiger partial charge in [0.1, 0.15) is 0 Å². The zero-order valence-electron chi connectivity index (χ0n) is 12.7. The molecule has 2 fully saturated rings. The Morgan fingerprint density at radius 1 is 0.950 bits per heavy atom. The van der Waals surface area contributed by atoms with E-state index < -0.39 is 0 Å². The van der Waals surface area contributed by atoms with Crippen LogP contribution >= 0.6 is 22.6 Å². The topological polar surface area (TPSA) is 0 Å². The zero-order valence-corrected chi connectivity index (χ0v) is 14.8. The van der Waals surface area contributed by atoms with Gasteiger partial charge in [-0.1, -0.05) is 38.3 Å². The van der Waals surface area contributed by atoms with Crippen LogP contribution in [-0.2, 0) is 0 Å². The van der Waals surface area contributed by atoms with E-state index >= 15 is 0 Å². The highest BCUT2D eigenvalue weighted by Crippen LogP contribution is 2.48. The van der Waals surface area contributed by atoms with Gasteiger partial charge in [-0.2, -0.15) is 0 Å². The molecule has 3 rings (SSSR count). The van der Waals surface area contributed by atoms with Crippen LogP contribution in [0.4, 0.5) is 0 Å². The molecule has 2 aliphatic carbocycles. The van der Waals surface area contributed by atoms with E-state index in [1.807, 2.05) is 0 Å². The molecule has 1 aromatic rings. The molecule has 0 N–H and O–H groups in total. The van der Waals surface area contributed by atoms with Crippen molar-refractivity contribution in [1.29, 1.82) is 0 Å². The molecule has 20 heavy (non-hydrogen) atoms. The van der Waals surface area contributed by atoms with Gasteiger partial charge in [0.25, 0.3) is 0 Å². The maximum Gasteiger partial charge on any atom is 0.0130 e. The maximum atomic E-state index is 2.41. The van der Waals surface area contributed by atoms with Gasteiger partial charge in [0.05, 0.1) is 0 Å². The van der Waals surface area contributed by atoms with Crippen molar-refractivity contribution >= 4 is 22.6 Å². The maximum absolute atomic E-state index is 2.41. The summed E-state index contributed by atoms with van der Waals surface area (Å²) in [5, 5.41) is 0. The Morgan fingerprint density at radius 3 is 2.40 bits per heavy atom. The van der Waals surface area contributed by atoms with Crippen molar-refractivity contribution in [2.24, 2.45) is 17.8 Å². The predicted octanol–water partition coefficient (Wildman–Crippen LogP) is 6.39. The van der Waals surface area contributed by atoms with Crippen LogP contribution in [0, 0.1) is 21.3 Å². The minimum absolute atomic E-state index is 0.843. The Balaban J connectivity index is 1.61. The number of benzene rings is 1. The minimum atomic E-state index is 0.843. The van der Waals surface area contributed by atoms with Crippen LogP contribution in [0.15, 0.2) is 24.3 Å². The molecule has 2 saturated carbocycles. The van der Waals surface area contributed by atoms with Crippen LogP contribution in [-0.4, -0.2) is 0 Å². The molecule has 1 aromatic carbocycles. The van der Waals surface area contributed by atoms with Gasteiger partial charge < -0.3 is 0 Å². The Labute approximate surface area is 137 Å². The van der Waals surface area contributed by atoms with Gasteiger partial charge in [0.2, 0.25) is 0 Å². The second kappa shape index (κ2) is 6.81. The highest BCUT2D eigenvalue weighted by Gasteiger charge is 2.35. The number of fused-ring (bicyclic) bond motifs is 1. The Kier molecular flexibility index (Phi) is 5.06. The molecular weight excluding hydrogens is 355 g/mol. The summed E-state index contributed by atoms with van der Waals surface area (Å²) in [6.45, 7) is 2.35. The van der Waals surface area contributed by atoms with Crippen LogP contribution in [0.1, 0.15) is 69.8 Å². The summed E-state index contributed by atoms with van der Waals surface area (Å²) < 4.78 is 1.36. The molecule has 0 saturated heterocycles. The van der Waals surface area contributed by atoms with Crippen LogP contribution in [0.5, 0.6) is 0 Å². The molecule has 0 radical (unpaired) electrons. The summed E-state index contributed by atoms with van der Waals surface area (Å²) in [7, 11) is 0. The van der Waals surface area contributed by atoms with Crippen LogP contribution in [0.2, 0.25) is 0 Å². The molecule has 0 heterocycles. The molecule has 1 heteroatoms. The third-order valence-electron chi connectivity index (χ3n) is 5.76. The summed E-state index contributed by atoms with van der Waals surface area (Å²) >= 11 is 2.41. The summed E-state index contributed by atoms with van der Waals surface area (Å²) in [6.07, 6.45) is 11.8. The molecule has 0 amide bonds. The van der Waals surface area contributed by atoms with E-state index in [-0.39, 0.29) is 0 Å². The average Bonchev–Trinajstić information content (AvgIpc) is 2.48. The highest BCUT2D eigenvalue weighted by atomic mass is 127. The SMILES string of the molecule is CCCC1CC[C@@H]2C[C@H](c3ccc(I)cc3)CC[C@@H]2C1. The van der Waals surface area contributed by atoms with Crippen molar-refractivity contribution in [3.63, 3.8) is 0 Å². The molecule has 110 valence electrons. The fourth-order valence-electron chi connectivity index (χ4n) is 4.69. The first kappa shape index (κ1) is 14.9. The molecule has 2 aliphatic rings. The Morgan fingerprint density at radius 2 is 1.65 bits per heavy atom. The summed E-state index contributed by atoms with van der Waals surface area (Å²) in [5.41, 5.74) is 1.60. The van der Waals surface area contributed by atoms with E-state index in [0.29, 0.717) is 0 Å². The fraction of sp³-hybridized carbons (Fsp3) is 0.684. The summed E-state index contributed by atoms with van der Waals surface area (Å²) in [4.78, 5) is 0. The van der Waals surface area contributed by atoms with Crippen molar-refractivity contribution in [3.05, 3.63) is 33.4 Å². The molecular formula is C19H27I. The first-order valence-corrected chi connectivity index (χ1v) is 9.59. The lowest BCUT2D eigenvalue weighted by Gasteiger charge is -2.42. The van der Waals surface area contributed by atoms with E-state index in [1.54, 1.807) is 5.56 Å². The minimum Gasteiger partial charge on any atom is -0.0654 e. The van der Waals surface area contributed by atoms with Crippen molar-refractivity contribution in [1.82, 2.24) is 0 Å². The Hall–Kier alpha value is -0.0500. The molecule has 0 bridgehead atoms. The molecule has 1 unspecified atom stereocenters. The first-order chi connectivity index (χ1) is 9.76. The summed E-state index contributed by atoms with van der Waals surface area (Å²) in [5.74, 6) is 3.98. The van der Waals surface area contributed by atoms with Gasteiger partial charge in [-0.25, -0.2) is 0 Å². The number of hydrogen-bond acceptors (Lipinski definition) is 0. The smallest absolute Gasteiger partial charge is 0.0130 e. The molecule has 0 aliphatic heterocycles. The van der Waals surface area contributed by atoms with Gasteiger partial charge in [0.15, 0.2) is 0 Å². The normalized spacial score (nSPS) is 33.7. The van der Waals surface area contributed by atoms with Crippen molar-refractivity contribution in [3.8, 4) is 0 Å². The number of halogens is 1. The van der Waals surface area contributed by atoms with Gasteiger partial charge in [-0.15, -0.1) is 0 Å². The van der Waals surface area contributed by atoms with Gasteiger partial charge >= 0.3 is 0 Å². The molecule has 4 atom stereocenters. The highest BCUT2D eigenvalue weighted by molar-refractivity contribution is 14.1. The number of hydrogen-bond donors (Lipinski definition) is 0. The molecule has 0 spiro atoms. The van der Waals surface area contributed by atoms with Crippen LogP contribution in [0.3, 0.4) is 0 Å². The molecule has 0 nitrogen and oxygen atoms in total. The van der Waals surface area contributed by atoms with E-state index in [4.69, 9.17) is 0 Å². The standard InChI is InChI=1S/C19H27I/c1-2-3-14-4-5-18-13-17(7-6-16(18)12-14)15-8-10-19(20)11-9-15/h8-11,14,16-18H,2-7,12-13H2,1H3/t14?,16-,17-,18-/m1/s1. The van der Waals surface area contributed by atoms with E-state index in [0.717, 1.165) is 23.7 Å². The van der Waals surface area contributed by atoms with Gasteiger partial charge in [-0.3, -0.25) is 0 Å². The van der Waals surface area contributed by atoms with Gasteiger partial charge in [-0.05, 0) is 96.1 Å². The summed E-state index contributed by atoms with van der Waals surface area (Å²) in [6, 6.07) is 9.30.